The van der Waals surface area contributed by atoms with Crippen molar-refractivity contribution in [3.63, 3.8) is 0 Å². The highest BCUT2D eigenvalue weighted by atomic mass is 16.6. The summed E-state index contributed by atoms with van der Waals surface area (Å²) in [6.45, 7) is 2.87. The maximum atomic E-state index is 8.15. The minimum Gasteiger partial charge on any atom is -0.370 e. The van der Waals surface area contributed by atoms with Gasteiger partial charge in [0.1, 0.15) is 0 Å². The van der Waals surface area contributed by atoms with E-state index in [4.69, 9.17) is 10.00 Å². The fourth-order valence-electron chi connectivity index (χ4n) is 0.588. The molecule has 1 aliphatic heterocycles. The second-order valence-electron chi connectivity index (χ2n) is 2.40. The van der Waals surface area contributed by atoms with E-state index in [-0.39, 0.29) is 5.60 Å². The maximum Gasteiger partial charge on any atom is 0.0898 e. The van der Waals surface area contributed by atoms with E-state index in [1.807, 2.05) is 6.92 Å². The van der Waals surface area contributed by atoms with Crippen LogP contribution in [0.5, 0.6) is 0 Å². The molecular weight excluding hydrogens is 102 g/mol. The highest BCUT2D eigenvalue weighted by molar-refractivity contribution is 4.89. The molecule has 0 radical (unpaired) electrons. The number of rotatable bonds is 2. The largest absolute Gasteiger partial charge is 0.370 e. The zero-order valence-electron chi connectivity index (χ0n) is 4.98. The summed E-state index contributed by atoms with van der Waals surface area (Å²) in [4.78, 5) is 0. The molecule has 2 nitrogen and oxygen atoms in total. The molecule has 44 valence electrons. The molecule has 1 rings (SSSR count). The monoisotopic (exact) mass is 111 g/mol. The highest BCUT2D eigenvalue weighted by Crippen LogP contribution is 2.30. The van der Waals surface area contributed by atoms with Gasteiger partial charge in [-0.3, -0.25) is 0 Å². The lowest BCUT2D eigenvalue weighted by molar-refractivity contribution is 0.311. The van der Waals surface area contributed by atoms with Crippen LogP contribution in [0.2, 0.25) is 0 Å². The van der Waals surface area contributed by atoms with Crippen molar-refractivity contribution in [2.24, 2.45) is 0 Å². The fraction of sp³-hybridized carbons (Fsp3) is 0.833. The first-order valence-corrected chi connectivity index (χ1v) is 2.78. The van der Waals surface area contributed by atoms with Crippen LogP contribution >= 0.6 is 0 Å². The van der Waals surface area contributed by atoms with Gasteiger partial charge >= 0.3 is 0 Å². The summed E-state index contributed by atoms with van der Waals surface area (Å²) in [5, 5.41) is 8.15. The molecule has 0 aromatic carbocycles. The number of epoxide rings is 1. The van der Waals surface area contributed by atoms with E-state index < -0.39 is 0 Å². The van der Waals surface area contributed by atoms with Gasteiger partial charge in [0, 0.05) is 6.42 Å². The van der Waals surface area contributed by atoms with Crippen molar-refractivity contribution in [3.8, 4) is 6.07 Å². The molecule has 0 aliphatic carbocycles. The molecule has 0 spiro atoms. The Labute approximate surface area is 49.1 Å². The molecule has 0 saturated carbocycles. The Bertz CT molecular complexity index is 121. The van der Waals surface area contributed by atoms with Gasteiger partial charge in [-0.05, 0) is 13.3 Å². The van der Waals surface area contributed by atoms with Gasteiger partial charge < -0.3 is 4.74 Å². The average molecular weight is 111 g/mol. The van der Waals surface area contributed by atoms with E-state index in [9.17, 15) is 0 Å². The van der Waals surface area contributed by atoms with E-state index in [0.29, 0.717) is 6.42 Å². The summed E-state index contributed by atoms with van der Waals surface area (Å²) in [6, 6.07) is 2.08. The first-order chi connectivity index (χ1) is 3.77. The van der Waals surface area contributed by atoms with E-state index in [2.05, 4.69) is 6.07 Å². The first-order valence-electron chi connectivity index (χ1n) is 2.78. The molecule has 0 aromatic heterocycles. The lowest BCUT2D eigenvalue weighted by atomic mass is 10.1. The van der Waals surface area contributed by atoms with Crippen molar-refractivity contribution >= 4 is 0 Å². The predicted octanol–water partition coefficient (Wildman–Crippen LogP) is 1.08. The van der Waals surface area contributed by atoms with Crippen LogP contribution in [0, 0.1) is 11.3 Å². The minimum atomic E-state index is 0.0791. The highest BCUT2D eigenvalue weighted by Gasteiger charge is 2.38. The molecule has 1 atom stereocenters. The lowest BCUT2D eigenvalue weighted by Crippen LogP contribution is -2.01. The molecule has 1 heterocycles. The summed E-state index contributed by atoms with van der Waals surface area (Å²) in [5.74, 6) is 0. The van der Waals surface area contributed by atoms with Crippen LogP contribution in [0.15, 0.2) is 0 Å². The van der Waals surface area contributed by atoms with Crippen molar-refractivity contribution < 1.29 is 4.74 Å². The zero-order chi connectivity index (χ0) is 6.04. The van der Waals surface area contributed by atoms with Gasteiger partial charge in [-0.15, -0.1) is 0 Å². The number of hydrogen-bond donors (Lipinski definition) is 0. The van der Waals surface area contributed by atoms with Crippen LogP contribution < -0.4 is 0 Å². The van der Waals surface area contributed by atoms with Crippen molar-refractivity contribution in [1.29, 1.82) is 5.26 Å². The Morgan fingerprint density at radius 2 is 2.50 bits per heavy atom. The standard InChI is InChI=1S/C6H9NO/c1-6(5-8-6)3-2-4-7/h2-3,5H2,1H3. The van der Waals surface area contributed by atoms with E-state index in [0.717, 1.165) is 13.0 Å². The number of hydrogen-bond acceptors (Lipinski definition) is 2. The third-order valence-corrected chi connectivity index (χ3v) is 1.40. The Morgan fingerprint density at radius 1 is 1.88 bits per heavy atom. The van der Waals surface area contributed by atoms with Crippen LogP contribution in [-0.4, -0.2) is 12.2 Å². The predicted molar refractivity (Wildman–Crippen MR) is 29.2 cm³/mol. The molecule has 0 amide bonds. The number of nitrogens with zero attached hydrogens (tertiary/aromatic N) is 1. The second kappa shape index (κ2) is 1.75. The van der Waals surface area contributed by atoms with Gasteiger partial charge in [0.15, 0.2) is 0 Å². The number of ether oxygens (including phenoxy) is 1. The van der Waals surface area contributed by atoms with Crippen molar-refractivity contribution in [2.45, 2.75) is 25.4 Å². The van der Waals surface area contributed by atoms with E-state index in [1.165, 1.54) is 0 Å². The fourth-order valence-corrected chi connectivity index (χ4v) is 0.588. The van der Waals surface area contributed by atoms with E-state index >= 15 is 0 Å². The minimum absolute atomic E-state index is 0.0791. The average Bonchev–Trinajstić information content (AvgIpc) is 2.45. The maximum absolute atomic E-state index is 8.15. The van der Waals surface area contributed by atoms with Crippen LogP contribution in [-0.2, 0) is 4.74 Å². The zero-order valence-corrected chi connectivity index (χ0v) is 4.98. The van der Waals surface area contributed by atoms with Crippen LogP contribution in [0.4, 0.5) is 0 Å². The Morgan fingerprint density at radius 3 is 2.88 bits per heavy atom. The van der Waals surface area contributed by atoms with Gasteiger partial charge in [-0.25, -0.2) is 0 Å². The van der Waals surface area contributed by atoms with Gasteiger partial charge in [0.05, 0.1) is 18.3 Å². The Kier molecular flexibility index (Phi) is 1.22. The third-order valence-electron chi connectivity index (χ3n) is 1.40. The Balaban J connectivity index is 2.12. The first kappa shape index (κ1) is 5.58. The lowest BCUT2D eigenvalue weighted by Gasteiger charge is -1.95. The van der Waals surface area contributed by atoms with E-state index in [1.54, 1.807) is 0 Å². The van der Waals surface area contributed by atoms with Gasteiger partial charge in [0.25, 0.3) is 0 Å². The molecule has 1 saturated heterocycles. The van der Waals surface area contributed by atoms with Gasteiger partial charge in [0.2, 0.25) is 0 Å². The van der Waals surface area contributed by atoms with Crippen LogP contribution in [0.25, 0.3) is 0 Å². The molecule has 0 bridgehead atoms. The molecule has 1 unspecified atom stereocenters. The summed E-state index contributed by atoms with van der Waals surface area (Å²) in [6.07, 6.45) is 1.51. The smallest absolute Gasteiger partial charge is 0.0898 e. The molecule has 8 heavy (non-hydrogen) atoms. The molecular formula is C6H9NO. The molecule has 1 aliphatic rings. The quantitative estimate of drug-likeness (QED) is 0.500. The molecule has 0 N–H and O–H groups in total. The normalized spacial score (nSPS) is 34.0. The SMILES string of the molecule is CC1(CCC#N)CO1. The van der Waals surface area contributed by atoms with Crippen molar-refractivity contribution in [3.05, 3.63) is 0 Å². The van der Waals surface area contributed by atoms with Crippen molar-refractivity contribution in [2.75, 3.05) is 6.61 Å². The van der Waals surface area contributed by atoms with Crippen LogP contribution in [0.1, 0.15) is 19.8 Å². The Hall–Kier alpha value is -0.550. The second-order valence-corrected chi connectivity index (χ2v) is 2.40. The summed E-state index contributed by atoms with van der Waals surface area (Å²) in [5.41, 5.74) is 0.0791. The summed E-state index contributed by atoms with van der Waals surface area (Å²) < 4.78 is 5.05. The molecule has 2 heteroatoms. The third kappa shape index (κ3) is 1.21. The summed E-state index contributed by atoms with van der Waals surface area (Å²) in [7, 11) is 0. The van der Waals surface area contributed by atoms with Gasteiger partial charge in [-0.2, -0.15) is 5.26 Å². The summed E-state index contributed by atoms with van der Waals surface area (Å²) >= 11 is 0. The molecule has 0 aromatic rings. The number of nitriles is 1. The topological polar surface area (TPSA) is 36.3 Å². The van der Waals surface area contributed by atoms with Crippen LogP contribution in [0.3, 0.4) is 0 Å². The van der Waals surface area contributed by atoms with Crippen molar-refractivity contribution in [1.82, 2.24) is 0 Å². The van der Waals surface area contributed by atoms with Gasteiger partial charge in [-0.1, -0.05) is 0 Å². The molecule has 1 fully saturated rings.